The number of likely N-dealkylation sites (N-methyl/N-ethyl adjacent to an activating group) is 1. The molecule has 0 aliphatic heterocycles. The topological polar surface area (TPSA) is 20.2 Å². The number of aromatic nitrogens is 1. The second kappa shape index (κ2) is 5.34. The molecule has 0 saturated heterocycles. The summed E-state index contributed by atoms with van der Waals surface area (Å²) in [5.74, 6) is 0. The van der Waals surface area contributed by atoms with Crippen molar-refractivity contribution in [2.75, 3.05) is 27.2 Å². The SMILES string of the molecule is CN(C)CCNCc1cn(C)c2ccccc12. The second-order valence-corrected chi connectivity index (χ2v) is 4.76. The van der Waals surface area contributed by atoms with Gasteiger partial charge in [0, 0.05) is 43.8 Å². The molecular weight excluding hydrogens is 210 g/mol. The van der Waals surface area contributed by atoms with Crippen molar-refractivity contribution in [3.63, 3.8) is 0 Å². The van der Waals surface area contributed by atoms with E-state index in [9.17, 15) is 0 Å². The number of para-hydroxylation sites is 1. The first-order valence-corrected chi connectivity index (χ1v) is 6.07. The Balaban J connectivity index is 2.04. The van der Waals surface area contributed by atoms with Gasteiger partial charge in [-0.05, 0) is 25.7 Å². The molecule has 0 saturated carbocycles. The van der Waals surface area contributed by atoms with Crippen LogP contribution in [-0.2, 0) is 13.6 Å². The van der Waals surface area contributed by atoms with Gasteiger partial charge in [-0.1, -0.05) is 18.2 Å². The predicted octanol–water partition coefficient (Wildman–Crippen LogP) is 1.83. The lowest BCUT2D eigenvalue weighted by atomic mass is 10.2. The highest BCUT2D eigenvalue weighted by Crippen LogP contribution is 2.19. The van der Waals surface area contributed by atoms with Crippen molar-refractivity contribution >= 4 is 10.9 Å². The average Bonchev–Trinajstić information content (AvgIpc) is 2.63. The maximum absolute atomic E-state index is 3.48. The van der Waals surface area contributed by atoms with E-state index in [0.29, 0.717) is 0 Å². The number of hydrogen-bond acceptors (Lipinski definition) is 2. The third kappa shape index (κ3) is 2.87. The minimum atomic E-state index is 0.940. The fourth-order valence-corrected chi connectivity index (χ4v) is 2.09. The van der Waals surface area contributed by atoms with Crippen LogP contribution >= 0.6 is 0 Å². The normalized spacial score (nSPS) is 11.5. The molecule has 2 aromatic rings. The zero-order valence-corrected chi connectivity index (χ0v) is 10.9. The number of hydrogen-bond donors (Lipinski definition) is 1. The molecule has 0 atom stereocenters. The van der Waals surface area contributed by atoms with E-state index >= 15 is 0 Å². The zero-order valence-electron chi connectivity index (χ0n) is 10.9. The summed E-state index contributed by atoms with van der Waals surface area (Å²) in [6.45, 7) is 3.04. The largest absolute Gasteiger partial charge is 0.350 e. The molecule has 3 heteroatoms. The van der Waals surface area contributed by atoms with Gasteiger partial charge < -0.3 is 14.8 Å². The van der Waals surface area contributed by atoms with Gasteiger partial charge >= 0.3 is 0 Å². The van der Waals surface area contributed by atoms with Crippen molar-refractivity contribution < 1.29 is 0 Å². The molecule has 1 N–H and O–H groups in total. The number of aryl methyl sites for hydroxylation is 1. The Morgan fingerprint density at radius 3 is 2.76 bits per heavy atom. The van der Waals surface area contributed by atoms with Gasteiger partial charge in [-0.2, -0.15) is 0 Å². The van der Waals surface area contributed by atoms with Gasteiger partial charge in [-0.15, -0.1) is 0 Å². The first-order chi connectivity index (χ1) is 8.18. The standard InChI is InChI=1S/C14H21N3/c1-16(2)9-8-15-10-12-11-17(3)14-7-5-4-6-13(12)14/h4-7,11,15H,8-10H2,1-3H3. The third-order valence-corrected chi connectivity index (χ3v) is 3.03. The van der Waals surface area contributed by atoms with Crippen LogP contribution in [0.15, 0.2) is 30.5 Å². The van der Waals surface area contributed by atoms with Gasteiger partial charge in [0.1, 0.15) is 0 Å². The Morgan fingerprint density at radius 2 is 2.00 bits per heavy atom. The fourth-order valence-electron chi connectivity index (χ4n) is 2.09. The van der Waals surface area contributed by atoms with E-state index in [1.54, 1.807) is 0 Å². The van der Waals surface area contributed by atoms with Crippen LogP contribution in [0.2, 0.25) is 0 Å². The summed E-state index contributed by atoms with van der Waals surface area (Å²) in [5.41, 5.74) is 2.68. The molecule has 1 aromatic carbocycles. The number of benzene rings is 1. The van der Waals surface area contributed by atoms with E-state index < -0.39 is 0 Å². The van der Waals surface area contributed by atoms with Crippen LogP contribution in [-0.4, -0.2) is 36.7 Å². The van der Waals surface area contributed by atoms with Crippen LogP contribution in [0.5, 0.6) is 0 Å². The van der Waals surface area contributed by atoms with E-state index in [1.807, 2.05) is 0 Å². The highest BCUT2D eigenvalue weighted by molar-refractivity contribution is 5.83. The summed E-state index contributed by atoms with van der Waals surface area (Å²) in [6.07, 6.45) is 2.22. The lowest BCUT2D eigenvalue weighted by Gasteiger charge is -2.09. The second-order valence-electron chi connectivity index (χ2n) is 4.76. The molecule has 0 amide bonds. The van der Waals surface area contributed by atoms with E-state index in [4.69, 9.17) is 0 Å². The van der Waals surface area contributed by atoms with Gasteiger partial charge in [-0.25, -0.2) is 0 Å². The first-order valence-electron chi connectivity index (χ1n) is 6.07. The minimum absolute atomic E-state index is 0.940. The molecule has 0 fully saturated rings. The maximum Gasteiger partial charge on any atom is 0.0481 e. The van der Waals surface area contributed by atoms with Crippen molar-refractivity contribution in [3.8, 4) is 0 Å². The lowest BCUT2D eigenvalue weighted by Crippen LogP contribution is -2.26. The van der Waals surface area contributed by atoms with Crippen LogP contribution in [0.25, 0.3) is 10.9 Å². The van der Waals surface area contributed by atoms with Gasteiger partial charge in [0.05, 0.1) is 0 Å². The number of nitrogens with one attached hydrogen (secondary N) is 1. The predicted molar refractivity (Wildman–Crippen MR) is 73.2 cm³/mol. The molecule has 3 nitrogen and oxygen atoms in total. The molecule has 0 aliphatic carbocycles. The van der Waals surface area contributed by atoms with Crippen LogP contribution in [0.4, 0.5) is 0 Å². The van der Waals surface area contributed by atoms with Crippen LogP contribution < -0.4 is 5.32 Å². The fraction of sp³-hybridized carbons (Fsp3) is 0.429. The van der Waals surface area contributed by atoms with Crippen molar-refractivity contribution in [2.45, 2.75) is 6.54 Å². The van der Waals surface area contributed by atoms with Crippen molar-refractivity contribution in [1.29, 1.82) is 0 Å². The summed E-state index contributed by atoms with van der Waals surface area (Å²) in [6, 6.07) is 8.55. The minimum Gasteiger partial charge on any atom is -0.350 e. The van der Waals surface area contributed by atoms with Crippen LogP contribution in [0.3, 0.4) is 0 Å². The van der Waals surface area contributed by atoms with Crippen molar-refractivity contribution in [2.24, 2.45) is 7.05 Å². The quantitative estimate of drug-likeness (QED) is 0.792. The smallest absolute Gasteiger partial charge is 0.0481 e. The molecule has 92 valence electrons. The molecule has 0 spiro atoms. The van der Waals surface area contributed by atoms with Crippen molar-refractivity contribution in [3.05, 3.63) is 36.0 Å². The summed E-state index contributed by atoms with van der Waals surface area (Å²) in [7, 11) is 6.30. The Bertz CT molecular complexity index is 485. The Kier molecular flexibility index (Phi) is 3.82. The molecule has 0 radical (unpaired) electrons. The van der Waals surface area contributed by atoms with E-state index in [2.05, 4.69) is 66.4 Å². The Hall–Kier alpha value is -1.32. The highest BCUT2D eigenvalue weighted by Gasteiger charge is 2.04. The Morgan fingerprint density at radius 1 is 1.24 bits per heavy atom. The van der Waals surface area contributed by atoms with E-state index in [1.165, 1.54) is 16.5 Å². The molecule has 0 bridgehead atoms. The number of nitrogens with zero attached hydrogens (tertiary/aromatic N) is 2. The third-order valence-electron chi connectivity index (χ3n) is 3.03. The van der Waals surface area contributed by atoms with Crippen molar-refractivity contribution in [1.82, 2.24) is 14.8 Å². The van der Waals surface area contributed by atoms with Crippen LogP contribution in [0.1, 0.15) is 5.56 Å². The summed E-state index contributed by atoms with van der Waals surface area (Å²) in [4.78, 5) is 2.19. The lowest BCUT2D eigenvalue weighted by molar-refractivity contribution is 0.400. The van der Waals surface area contributed by atoms with E-state index in [0.717, 1.165) is 19.6 Å². The first kappa shape index (κ1) is 12.1. The summed E-state index contributed by atoms with van der Waals surface area (Å²) < 4.78 is 2.19. The number of rotatable bonds is 5. The maximum atomic E-state index is 3.48. The van der Waals surface area contributed by atoms with E-state index in [-0.39, 0.29) is 0 Å². The molecule has 1 heterocycles. The molecule has 17 heavy (non-hydrogen) atoms. The molecule has 1 aromatic heterocycles. The van der Waals surface area contributed by atoms with Crippen LogP contribution in [0, 0.1) is 0 Å². The summed E-state index contributed by atoms with van der Waals surface area (Å²) in [5, 5.41) is 4.84. The monoisotopic (exact) mass is 231 g/mol. The number of fused-ring (bicyclic) bond motifs is 1. The Labute approximate surface area is 103 Å². The van der Waals surface area contributed by atoms with Gasteiger partial charge in [0.15, 0.2) is 0 Å². The summed E-state index contributed by atoms with van der Waals surface area (Å²) >= 11 is 0. The van der Waals surface area contributed by atoms with Gasteiger partial charge in [0.25, 0.3) is 0 Å². The van der Waals surface area contributed by atoms with Gasteiger partial charge in [-0.3, -0.25) is 0 Å². The molecule has 2 rings (SSSR count). The van der Waals surface area contributed by atoms with Gasteiger partial charge in [0.2, 0.25) is 0 Å². The highest BCUT2D eigenvalue weighted by atomic mass is 15.1. The molecular formula is C14H21N3. The molecule has 0 unspecified atom stereocenters. The average molecular weight is 231 g/mol. The molecule has 0 aliphatic rings. The zero-order chi connectivity index (χ0) is 12.3.